The van der Waals surface area contributed by atoms with E-state index in [0.717, 1.165) is 43.0 Å². The standard InChI is InChI=1S/C23H33N5O2S/c1-16-5-7-20(8-6-16)28-22(26-9-11-30-12-10-26)24-25-23(28)31-19(4)21(29)27-14-17(2)13-18(3)15-27/h5-8,17-19H,9-15H2,1-4H3. The summed E-state index contributed by atoms with van der Waals surface area (Å²) in [4.78, 5) is 17.5. The van der Waals surface area contributed by atoms with Crippen LogP contribution in [0.2, 0.25) is 0 Å². The van der Waals surface area contributed by atoms with Gasteiger partial charge in [0.25, 0.3) is 0 Å². The van der Waals surface area contributed by atoms with Crippen molar-refractivity contribution in [3.63, 3.8) is 0 Å². The van der Waals surface area contributed by atoms with Crippen molar-refractivity contribution in [2.45, 2.75) is 44.5 Å². The quantitative estimate of drug-likeness (QED) is 0.660. The first kappa shape index (κ1) is 22.1. The van der Waals surface area contributed by atoms with E-state index in [1.807, 2.05) is 11.8 Å². The third-order valence-electron chi connectivity index (χ3n) is 6.01. The summed E-state index contributed by atoms with van der Waals surface area (Å²) in [5.41, 5.74) is 2.22. The van der Waals surface area contributed by atoms with Crippen LogP contribution in [0, 0.1) is 18.8 Å². The number of amides is 1. The molecule has 3 heterocycles. The van der Waals surface area contributed by atoms with Gasteiger partial charge in [-0.2, -0.15) is 0 Å². The minimum absolute atomic E-state index is 0.190. The lowest BCUT2D eigenvalue weighted by Gasteiger charge is -2.36. The number of anilines is 1. The molecule has 0 bridgehead atoms. The van der Waals surface area contributed by atoms with Gasteiger partial charge in [-0.3, -0.25) is 9.36 Å². The Balaban J connectivity index is 1.59. The number of thioether (sulfide) groups is 1. The molecule has 3 unspecified atom stereocenters. The molecule has 2 fully saturated rings. The summed E-state index contributed by atoms with van der Waals surface area (Å²) in [7, 11) is 0. The maximum atomic E-state index is 13.2. The number of carbonyl (C=O) groups is 1. The van der Waals surface area contributed by atoms with Gasteiger partial charge in [-0.05, 0) is 44.2 Å². The Labute approximate surface area is 189 Å². The average Bonchev–Trinajstić information content (AvgIpc) is 3.17. The maximum Gasteiger partial charge on any atom is 0.235 e. The number of rotatable bonds is 5. The van der Waals surface area contributed by atoms with Crippen molar-refractivity contribution in [3.05, 3.63) is 29.8 Å². The van der Waals surface area contributed by atoms with E-state index < -0.39 is 0 Å². The predicted molar refractivity (Wildman–Crippen MR) is 124 cm³/mol. The topological polar surface area (TPSA) is 63.5 Å². The first-order chi connectivity index (χ1) is 14.9. The van der Waals surface area contributed by atoms with Crippen molar-refractivity contribution in [2.24, 2.45) is 11.8 Å². The molecular formula is C23H33N5O2S. The second-order valence-corrected chi connectivity index (χ2v) is 10.3. The highest BCUT2D eigenvalue weighted by molar-refractivity contribution is 8.00. The van der Waals surface area contributed by atoms with Crippen molar-refractivity contribution < 1.29 is 9.53 Å². The Morgan fingerprint density at radius 1 is 1.10 bits per heavy atom. The first-order valence-corrected chi connectivity index (χ1v) is 12.1. The molecule has 0 N–H and O–H groups in total. The van der Waals surface area contributed by atoms with Gasteiger partial charge >= 0.3 is 0 Å². The van der Waals surface area contributed by atoms with Crippen LogP contribution >= 0.6 is 11.8 Å². The molecule has 3 atom stereocenters. The molecular weight excluding hydrogens is 410 g/mol. The van der Waals surface area contributed by atoms with Gasteiger partial charge < -0.3 is 14.5 Å². The van der Waals surface area contributed by atoms with Crippen LogP contribution in [-0.2, 0) is 9.53 Å². The van der Waals surface area contributed by atoms with E-state index >= 15 is 0 Å². The maximum absolute atomic E-state index is 13.2. The minimum atomic E-state index is -0.219. The Kier molecular flexibility index (Phi) is 6.86. The molecule has 168 valence electrons. The smallest absolute Gasteiger partial charge is 0.235 e. The second kappa shape index (κ2) is 9.61. The van der Waals surface area contributed by atoms with Crippen molar-refractivity contribution in [1.29, 1.82) is 0 Å². The number of morpholine rings is 1. The second-order valence-electron chi connectivity index (χ2n) is 9.00. The fraction of sp³-hybridized carbons (Fsp3) is 0.609. The monoisotopic (exact) mass is 443 g/mol. The summed E-state index contributed by atoms with van der Waals surface area (Å²) in [5.74, 6) is 2.10. The van der Waals surface area contributed by atoms with Gasteiger partial charge in [0.1, 0.15) is 0 Å². The number of benzene rings is 1. The Hall–Kier alpha value is -2.06. The lowest BCUT2D eigenvalue weighted by atomic mass is 9.92. The largest absolute Gasteiger partial charge is 0.378 e. The van der Waals surface area contributed by atoms with Crippen molar-refractivity contribution >= 4 is 23.6 Å². The zero-order chi connectivity index (χ0) is 22.0. The zero-order valence-electron chi connectivity index (χ0n) is 19.0. The van der Waals surface area contributed by atoms with Crippen LogP contribution in [0.1, 0.15) is 32.8 Å². The summed E-state index contributed by atoms with van der Waals surface area (Å²) in [6.45, 7) is 13.2. The van der Waals surface area contributed by atoms with Gasteiger partial charge in [0.2, 0.25) is 11.9 Å². The van der Waals surface area contributed by atoms with E-state index in [-0.39, 0.29) is 11.2 Å². The minimum Gasteiger partial charge on any atom is -0.378 e. The number of nitrogens with zero attached hydrogens (tertiary/aromatic N) is 5. The number of hydrogen-bond acceptors (Lipinski definition) is 6. The van der Waals surface area contributed by atoms with Crippen LogP contribution in [-0.4, -0.2) is 70.2 Å². The molecule has 31 heavy (non-hydrogen) atoms. The van der Waals surface area contributed by atoms with Crippen LogP contribution in [0.3, 0.4) is 0 Å². The summed E-state index contributed by atoms with van der Waals surface area (Å²) >= 11 is 1.50. The fourth-order valence-electron chi connectivity index (χ4n) is 4.54. The number of aryl methyl sites for hydroxylation is 1. The van der Waals surface area contributed by atoms with Crippen molar-refractivity contribution in [3.8, 4) is 5.69 Å². The van der Waals surface area contributed by atoms with Crippen LogP contribution in [0.25, 0.3) is 5.69 Å². The van der Waals surface area contributed by atoms with Gasteiger partial charge in [-0.1, -0.05) is 43.3 Å². The average molecular weight is 444 g/mol. The number of piperidine rings is 1. The third kappa shape index (κ3) is 5.06. The molecule has 1 amide bonds. The van der Waals surface area contributed by atoms with Crippen LogP contribution in [0.4, 0.5) is 5.95 Å². The molecule has 2 aliphatic rings. The highest BCUT2D eigenvalue weighted by Gasteiger charge is 2.30. The first-order valence-electron chi connectivity index (χ1n) is 11.2. The molecule has 2 aliphatic heterocycles. The zero-order valence-corrected chi connectivity index (χ0v) is 19.8. The summed E-state index contributed by atoms with van der Waals surface area (Å²) in [6, 6.07) is 8.37. The number of aromatic nitrogens is 3. The molecule has 7 nitrogen and oxygen atoms in total. The molecule has 4 rings (SSSR count). The summed E-state index contributed by atoms with van der Waals surface area (Å²) < 4.78 is 7.60. The van der Waals surface area contributed by atoms with Crippen LogP contribution in [0.5, 0.6) is 0 Å². The molecule has 8 heteroatoms. The van der Waals surface area contributed by atoms with Crippen LogP contribution < -0.4 is 4.90 Å². The fourth-order valence-corrected chi connectivity index (χ4v) is 5.48. The van der Waals surface area contributed by atoms with E-state index in [1.165, 1.54) is 23.7 Å². The Bertz CT molecular complexity index is 884. The lowest BCUT2D eigenvalue weighted by molar-refractivity contribution is -0.132. The molecule has 0 spiro atoms. The molecule has 1 aromatic heterocycles. The van der Waals surface area contributed by atoms with Crippen molar-refractivity contribution in [1.82, 2.24) is 19.7 Å². The van der Waals surface area contributed by atoms with Gasteiger partial charge in [0, 0.05) is 26.2 Å². The van der Waals surface area contributed by atoms with E-state index in [9.17, 15) is 4.79 Å². The lowest BCUT2D eigenvalue weighted by Crippen LogP contribution is -2.45. The number of hydrogen-bond donors (Lipinski definition) is 0. The van der Waals surface area contributed by atoms with E-state index in [2.05, 4.69) is 64.7 Å². The molecule has 2 saturated heterocycles. The van der Waals surface area contributed by atoms with Crippen LogP contribution in [0.15, 0.2) is 29.4 Å². The predicted octanol–water partition coefficient (Wildman–Crippen LogP) is 3.40. The third-order valence-corrected chi connectivity index (χ3v) is 7.04. The van der Waals surface area contributed by atoms with Gasteiger partial charge in [-0.15, -0.1) is 10.2 Å². The molecule has 0 saturated carbocycles. The Morgan fingerprint density at radius 2 is 1.74 bits per heavy atom. The number of ether oxygens (including phenoxy) is 1. The van der Waals surface area contributed by atoms with E-state index in [4.69, 9.17) is 4.74 Å². The highest BCUT2D eigenvalue weighted by atomic mass is 32.2. The normalized spacial score (nSPS) is 23.1. The highest BCUT2D eigenvalue weighted by Crippen LogP contribution is 2.31. The number of carbonyl (C=O) groups excluding carboxylic acids is 1. The number of likely N-dealkylation sites (tertiary alicyclic amines) is 1. The summed E-state index contributed by atoms with van der Waals surface area (Å²) in [6.07, 6.45) is 1.19. The molecule has 0 aliphatic carbocycles. The summed E-state index contributed by atoms with van der Waals surface area (Å²) in [5, 5.41) is 9.57. The van der Waals surface area contributed by atoms with Crippen molar-refractivity contribution in [2.75, 3.05) is 44.3 Å². The molecule has 1 aromatic carbocycles. The van der Waals surface area contributed by atoms with Gasteiger partial charge in [0.05, 0.1) is 24.2 Å². The Morgan fingerprint density at radius 3 is 2.39 bits per heavy atom. The van der Waals surface area contributed by atoms with E-state index in [0.29, 0.717) is 25.0 Å². The SMILES string of the molecule is Cc1ccc(-n2c(SC(C)C(=O)N3CC(C)CC(C)C3)nnc2N2CCOCC2)cc1. The van der Waals surface area contributed by atoms with E-state index in [1.54, 1.807) is 0 Å². The molecule has 0 radical (unpaired) electrons. The van der Waals surface area contributed by atoms with Gasteiger partial charge in [-0.25, -0.2) is 0 Å². The molecule has 2 aromatic rings. The van der Waals surface area contributed by atoms with Gasteiger partial charge in [0.15, 0.2) is 5.16 Å².